The third-order valence-corrected chi connectivity index (χ3v) is 3.97. The Morgan fingerprint density at radius 3 is 2.57 bits per heavy atom. The molecule has 0 saturated carbocycles. The number of carbonyl (C=O) groups is 1. The minimum atomic E-state index is -0.440. The second-order valence-corrected chi connectivity index (χ2v) is 5.86. The number of carbonyl (C=O) groups excluding carboxylic acids is 1. The molecule has 0 spiro atoms. The van der Waals surface area contributed by atoms with Crippen LogP contribution < -0.4 is 4.74 Å². The van der Waals surface area contributed by atoms with Gasteiger partial charge in [0.2, 0.25) is 0 Å². The zero-order valence-electron chi connectivity index (χ0n) is 11.0. The zero-order chi connectivity index (χ0) is 15.4. The first kappa shape index (κ1) is 16.1. The number of methoxy groups -OCH3 is 1. The van der Waals surface area contributed by atoms with Crippen molar-refractivity contribution in [2.24, 2.45) is 0 Å². The number of hydrogen-bond acceptors (Lipinski definition) is 3. The summed E-state index contributed by atoms with van der Waals surface area (Å²) in [5, 5.41) is 1.00. The highest BCUT2D eigenvalue weighted by molar-refractivity contribution is 9.10. The fourth-order valence-electron chi connectivity index (χ4n) is 1.66. The van der Waals surface area contributed by atoms with Gasteiger partial charge in [0.1, 0.15) is 12.4 Å². The largest absolute Gasteiger partial charge is 0.496 e. The van der Waals surface area contributed by atoms with Crippen LogP contribution in [0.1, 0.15) is 15.9 Å². The Kier molecular flexibility index (Phi) is 5.51. The number of rotatable bonds is 4. The molecule has 0 aromatic heterocycles. The minimum absolute atomic E-state index is 0.0818. The van der Waals surface area contributed by atoms with Crippen LogP contribution in [0.2, 0.25) is 10.0 Å². The van der Waals surface area contributed by atoms with Crippen LogP contribution in [0, 0.1) is 0 Å². The maximum absolute atomic E-state index is 12.0. The third kappa shape index (κ3) is 4.13. The molecule has 0 atom stereocenters. The Morgan fingerprint density at radius 2 is 1.95 bits per heavy atom. The molecule has 2 aromatic carbocycles. The van der Waals surface area contributed by atoms with Gasteiger partial charge in [-0.15, -0.1) is 0 Å². The van der Waals surface area contributed by atoms with Gasteiger partial charge in [-0.05, 0) is 46.3 Å². The smallest absolute Gasteiger partial charge is 0.338 e. The summed E-state index contributed by atoms with van der Waals surface area (Å²) in [6, 6.07) is 9.99. The van der Waals surface area contributed by atoms with Gasteiger partial charge >= 0.3 is 5.97 Å². The zero-order valence-corrected chi connectivity index (χ0v) is 14.1. The van der Waals surface area contributed by atoms with Crippen molar-refractivity contribution in [1.29, 1.82) is 0 Å². The Bertz CT molecular complexity index is 674. The molecule has 0 N–H and O–H groups in total. The first-order chi connectivity index (χ1) is 10.0. The topological polar surface area (TPSA) is 35.5 Å². The van der Waals surface area contributed by atoms with Crippen LogP contribution in [-0.4, -0.2) is 13.1 Å². The molecule has 21 heavy (non-hydrogen) atoms. The number of halogens is 3. The lowest BCUT2D eigenvalue weighted by Crippen LogP contribution is -2.05. The molecule has 0 unspecified atom stereocenters. The normalized spacial score (nSPS) is 10.3. The van der Waals surface area contributed by atoms with Gasteiger partial charge in [0.25, 0.3) is 0 Å². The summed E-state index contributed by atoms with van der Waals surface area (Å²) < 4.78 is 11.0. The van der Waals surface area contributed by atoms with E-state index in [0.29, 0.717) is 31.4 Å². The van der Waals surface area contributed by atoms with Gasteiger partial charge in [0, 0.05) is 15.6 Å². The molecule has 6 heteroatoms. The molecule has 0 amide bonds. The molecule has 2 aromatic rings. The van der Waals surface area contributed by atoms with Gasteiger partial charge < -0.3 is 9.47 Å². The molecular formula is C15H11BrCl2O3. The summed E-state index contributed by atoms with van der Waals surface area (Å²) in [6.07, 6.45) is 0. The second kappa shape index (κ2) is 7.16. The highest BCUT2D eigenvalue weighted by Gasteiger charge is 2.11. The highest BCUT2D eigenvalue weighted by atomic mass is 79.9. The van der Waals surface area contributed by atoms with Crippen LogP contribution in [-0.2, 0) is 11.3 Å². The van der Waals surface area contributed by atoms with Gasteiger partial charge in [0.15, 0.2) is 0 Å². The maximum atomic E-state index is 12.0. The van der Waals surface area contributed by atoms with Gasteiger partial charge in [0.05, 0.1) is 17.1 Å². The summed E-state index contributed by atoms with van der Waals surface area (Å²) >= 11 is 15.2. The summed E-state index contributed by atoms with van der Waals surface area (Å²) in [6.45, 7) is 0.0818. The lowest BCUT2D eigenvalue weighted by atomic mass is 10.2. The van der Waals surface area contributed by atoms with E-state index in [9.17, 15) is 4.79 Å². The van der Waals surface area contributed by atoms with Crippen molar-refractivity contribution >= 4 is 45.1 Å². The average molecular weight is 390 g/mol. The van der Waals surface area contributed by atoms with E-state index >= 15 is 0 Å². The second-order valence-electron chi connectivity index (χ2n) is 4.16. The first-order valence-electron chi connectivity index (χ1n) is 5.96. The van der Waals surface area contributed by atoms with Crippen LogP contribution in [0.3, 0.4) is 0 Å². The van der Waals surface area contributed by atoms with E-state index in [1.54, 1.807) is 43.5 Å². The van der Waals surface area contributed by atoms with E-state index in [2.05, 4.69) is 15.9 Å². The molecule has 0 heterocycles. The van der Waals surface area contributed by atoms with Crippen LogP contribution >= 0.6 is 39.1 Å². The van der Waals surface area contributed by atoms with Crippen molar-refractivity contribution in [3.05, 3.63) is 62.0 Å². The Balaban J connectivity index is 2.06. The van der Waals surface area contributed by atoms with Crippen molar-refractivity contribution < 1.29 is 14.3 Å². The highest BCUT2D eigenvalue weighted by Crippen LogP contribution is 2.26. The van der Waals surface area contributed by atoms with Crippen LogP contribution in [0.15, 0.2) is 40.9 Å². The molecule has 0 bridgehead atoms. The lowest BCUT2D eigenvalue weighted by molar-refractivity contribution is 0.0473. The van der Waals surface area contributed by atoms with E-state index in [4.69, 9.17) is 32.7 Å². The Labute approximate surface area is 140 Å². The summed E-state index contributed by atoms with van der Waals surface area (Å²) in [5.74, 6) is 0.205. The standard InChI is InChI=1S/C15H11BrCl2O3/c1-20-14-5-3-9(6-12(14)16)15(19)21-8-10-2-4-11(17)7-13(10)18/h2-7H,8H2,1H3. The molecule has 3 nitrogen and oxygen atoms in total. The van der Waals surface area contributed by atoms with Crippen LogP contribution in [0.4, 0.5) is 0 Å². The van der Waals surface area contributed by atoms with Crippen molar-refractivity contribution in [3.63, 3.8) is 0 Å². The summed E-state index contributed by atoms with van der Waals surface area (Å²) in [5.41, 5.74) is 1.12. The molecule has 0 aliphatic heterocycles. The molecular weight excluding hydrogens is 379 g/mol. The minimum Gasteiger partial charge on any atom is -0.496 e. The lowest BCUT2D eigenvalue weighted by Gasteiger charge is -2.08. The quantitative estimate of drug-likeness (QED) is 0.680. The van der Waals surface area contributed by atoms with E-state index in [0.717, 1.165) is 0 Å². The Morgan fingerprint density at radius 1 is 1.19 bits per heavy atom. The fraction of sp³-hybridized carbons (Fsp3) is 0.133. The number of hydrogen-bond donors (Lipinski definition) is 0. The van der Waals surface area contributed by atoms with E-state index in [1.807, 2.05) is 0 Å². The SMILES string of the molecule is COc1ccc(C(=O)OCc2ccc(Cl)cc2Cl)cc1Br. The van der Waals surface area contributed by atoms with E-state index < -0.39 is 5.97 Å². The van der Waals surface area contributed by atoms with Crippen molar-refractivity contribution in [2.45, 2.75) is 6.61 Å². The molecule has 0 saturated heterocycles. The predicted octanol–water partition coefficient (Wildman–Crippen LogP) is 5.12. The maximum Gasteiger partial charge on any atom is 0.338 e. The van der Waals surface area contributed by atoms with E-state index in [-0.39, 0.29) is 6.61 Å². The fourth-order valence-corrected chi connectivity index (χ4v) is 2.66. The molecule has 0 radical (unpaired) electrons. The summed E-state index contributed by atoms with van der Waals surface area (Å²) in [7, 11) is 1.56. The van der Waals surface area contributed by atoms with Gasteiger partial charge in [-0.2, -0.15) is 0 Å². The van der Waals surface area contributed by atoms with Gasteiger partial charge in [-0.25, -0.2) is 4.79 Å². The molecule has 0 fully saturated rings. The van der Waals surface area contributed by atoms with E-state index in [1.165, 1.54) is 0 Å². The molecule has 0 aliphatic rings. The summed E-state index contributed by atoms with van der Waals surface area (Å²) in [4.78, 5) is 12.0. The van der Waals surface area contributed by atoms with Gasteiger partial charge in [-0.3, -0.25) is 0 Å². The third-order valence-electron chi connectivity index (χ3n) is 2.76. The van der Waals surface area contributed by atoms with Gasteiger partial charge in [-0.1, -0.05) is 29.3 Å². The van der Waals surface area contributed by atoms with Crippen molar-refractivity contribution in [1.82, 2.24) is 0 Å². The number of benzene rings is 2. The molecule has 0 aliphatic carbocycles. The van der Waals surface area contributed by atoms with Crippen molar-refractivity contribution in [3.8, 4) is 5.75 Å². The molecule has 110 valence electrons. The van der Waals surface area contributed by atoms with Crippen LogP contribution in [0.25, 0.3) is 0 Å². The average Bonchev–Trinajstić information content (AvgIpc) is 2.46. The number of ether oxygens (including phenoxy) is 2. The predicted molar refractivity (Wildman–Crippen MR) is 86.3 cm³/mol. The first-order valence-corrected chi connectivity index (χ1v) is 7.50. The molecule has 2 rings (SSSR count). The monoisotopic (exact) mass is 388 g/mol. The number of esters is 1. The Hall–Kier alpha value is -1.23. The van der Waals surface area contributed by atoms with Crippen LogP contribution in [0.5, 0.6) is 5.75 Å². The van der Waals surface area contributed by atoms with Crippen molar-refractivity contribution in [2.75, 3.05) is 7.11 Å².